The highest BCUT2D eigenvalue weighted by atomic mass is 35.5. The number of pyridine rings is 1. The van der Waals surface area contributed by atoms with Gasteiger partial charge in [0, 0.05) is 12.6 Å². The minimum absolute atomic E-state index is 0. The van der Waals surface area contributed by atoms with Crippen molar-refractivity contribution in [1.29, 1.82) is 0 Å². The van der Waals surface area contributed by atoms with Crippen molar-refractivity contribution in [2.24, 2.45) is 0 Å². The fourth-order valence-electron chi connectivity index (χ4n) is 1.62. The first kappa shape index (κ1) is 15.2. The van der Waals surface area contributed by atoms with Crippen molar-refractivity contribution in [2.45, 2.75) is 13.8 Å². The molecule has 0 N–H and O–H groups in total. The third-order valence-corrected chi connectivity index (χ3v) is 2.84. The summed E-state index contributed by atoms with van der Waals surface area (Å²) in [6, 6.07) is 10.6. The number of hydrogen-bond acceptors (Lipinski definition) is 3. The number of nitrogens with zero attached hydrogens (tertiary/aromatic N) is 1. The van der Waals surface area contributed by atoms with Crippen LogP contribution in [0.5, 0.6) is 5.75 Å². The molecule has 0 bridgehead atoms. The van der Waals surface area contributed by atoms with E-state index in [9.17, 15) is 4.79 Å². The van der Waals surface area contributed by atoms with E-state index in [1.165, 1.54) is 0 Å². The lowest BCUT2D eigenvalue weighted by Crippen LogP contribution is -2.05. The van der Waals surface area contributed by atoms with Crippen LogP contribution >= 0.6 is 11.6 Å². The molecule has 0 radical (unpaired) electrons. The van der Waals surface area contributed by atoms with E-state index >= 15 is 0 Å². The summed E-state index contributed by atoms with van der Waals surface area (Å²) in [6.45, 7) is 0. The number of ether oxygens (including phenoxy) is 1. The number of halogens is 1. The number of ketones is 1. The van der Waals surface area contributed by atoms with Crippen molar-refractivity contribution in [3.8, 4) is 5.75 Å². The Morgan fingerprint density at radius 3 is 2.74 bits per heavy atom. The third kappa shape index (κ3) is 3.80. The van der Waals surface area contributed by atoms with Crippen LogP contribution in [-0.4, -0.2) is 17.9 Å². The van der Waals surface area contributed by atoms with Crippen LogP contribution in [0.25, 0.3) is 0 Å². The molecule has 4 heteroatoms. The molecule has 1 heterocycles. The minimum atomic E-state index is -0.0278. The number of benzene rings is 1. The summed E-state index contributed by atoms with van der Waals surface area (Å²) in [6.07, 6.45) is 1.89. The molecule has 0 atom stereocenters. The predicted octanol–water partition coefficient (Wildman–Crippen LogP) is 3.81. The maximum absolute atomic E-state index is 12.0. The fraction of sp³-hybridized carbons (Fsp3) is 0.200. The SMILES string of the molecule is C.COc1cc(CC(=O)c2ccccn2)ccc1Cl. The summed E-state index contributed by atoms with van der Waals surface area (Å²) in [5.74, 6) is 0.544. The van der Waals surface area contributed by atoms with Crippen LogP contribution < -0.4 is 4.74 Å². The van der Waals surface area contributed by atoms with E-state index in [0.29, 0.717) is 16.5 Å². The first-order valence-corrected chi connectivity index (χ1v) is 5.85. The lowest BCUT2D eigenvalue weighted by molar-refractivity contribution is 0.0988. The standard InChI is InChI=1S/C14H12ClNO2.CH4/c1-18-14-9-10(5-6-11(14)15)8-13(17)12-4-2-3-7-16-12;/h2-7,9H,8H2,1H3;1H4. The van der Waals surface area contributed by atoms with Crippen LogP contribution in [0.1, 0.15) is 23.5 Å². The zero-order valence-corrected chi connectivity index (χ0v) is 10.6. The summed E-state index contributed by atoms with van der Waals surface area (Å²) in [4.78, 5) is 16.0. The van der Waals surface area contributed by atoms with E-state index in [1.807, 2.05) is 6.07 Å². The summed E-state index contributed by atoms with van der Waals surface area (Å²) in [7, 11) is 1.55. The highest BCUT2D eigenvalue weighted by molar-refractivity contribution is 6.32. The second-order valence-corrected chi connectivity index (χ2v) is 4.19. The first-order valence-electron chi connectivity index (χ1n) is 5.47. The number of hydrogen-bond donors (Lipinski definition) is 0. The normalized spacial score (nSPS) is 9.58. The maximum atomic E-state index is 12.0. The molecule has 0 fully saturated rings. The monoisotopic (exact) mass is 277 g/mol. The minimum Gasteiger partial charge on any atom is -0.495 e. The topological polar surface area (TPSA) is 39.2 Å². The molecular weight excluding hydrogens is 262 g/mol. The molecule has 2 rings (SSSR count). The van der Waals surface area contributed by atoms with Gasteiger partial charge in [0.2, 0.25) is 0 Å². The number of carbonyl (C=O) groups is 1. The van der Waals surface area contributed by atoms with Crippen molar-refractivity contribution in [2.75, 3.05) is 7.11 Å². The molecule has 1 aromatic heterocycles. The van der Waals surface area contributed by atoms with Gasteiger partial charge in [0.1, 0.15) is 11.4 Å². The molecule has 19 heavy (non-hydrogen) atoms. The Labute approximate surface area is 118 Å². The smallest absolute Gasteiger partial charge is 0.185 e. The fourth-order valence-corrected chi connectivity index (χ4v) is 1.81. The van der Waals surface area contributed by atoms with Gasteiger partial charge in [-0.05, 0) is 29.8 Å². The second kappa shape index (κ2) is 6.90. The molecule has 0 aliphatic rings. The van der Waals surface area contributed by atoms with E-state index in [-0.39, 0.29) is 19.6 Å². The van der Waals surface area contributed by atoms with Gasteiger partial charge in [-0.25, -0.2) is 0 Å². The van der Waals surface area contributed by atoms with Crippen LogP contribution in [0.15, 0.2) is 42.6 Å². The lowest BCUT2D eigenvalue weighted by Gasteiger charge is -2.06. The van der Waals surface area contributed by atoms with Crippen molar-refractivity contribution < 1.29 is 9.53 Å². The molecule has 0 unspecified atom stereocenters. The largest absolute Gasteiger partial charge is 0.495 e. The quantitative estimate of drug-likeness (QED) is 0.798. The van der Waals surface area contributed by atoms with Crippen molar-refractivity contribution >= 4 is 17.4 Å². The third-order valence-electron chi connectivity index (χ3n) is 2.53. The van der Waals surface area contributed by atoms with Crippen molar-refractivity contribution in [3.05, 3.63) is 58.9 Å². The Hall–Kier alpha value is -1.87. The van der Waals surface area contributed by atoms with E-state index < -0.39 is 0 Å². The average molecular weight is 278 g/mol. The number of Topliss-reactive ketones (excluding diaryl/α,β-unsaturated/α-hetero) is 1. The van der Waals surface area contributed by atoms with E-state index in [4.69, 9.17) is 16.3 Å². The molecule has 0 aliphatic carbocycles. The van der Waals surface area contributed by atoms with E-state index in [1.54, 1.807) is 43.6 Å². The van der Waals surface area contributed by atoms with Crippen LogP contribution in [0.3, 0.4) is 0 Å². The van der Waals surface area contributed by atoms with Gasteiger partial charge < -0.3 is 4.74 Å². The molecular formula is C15H16ClNO2. The molecule has 0 amide bonds. The molecule has 0 spiro atoms. The first-order chi connectivity index (χ1) is 8.70. The second-order valence-electron chi connectivity index (χ2n) is 3.78. The van der Waals surface area contributed by atoms with Gasteiger partial charge in [-0.2, -0.15) is 0 Å². The Kier molecular flexibility index (Phi) is 5.52. The average Bonchev–Trinajstić information content (AvgIpc) is 2.42. The zero-order valence-electron chi connectivity index (χ0n) is 9.89. The van der Waals surface area contributed by atoms with Gasteiger partial charge in [-0.1, -0.05) is 31.2 Å². The van der Waals surface area contributed by atoms with Crippen LogP contribution in [-0.2, 0) is 6.42 Å². The number of methoxy groups -OCH3 is 1. The summed E-state index contributed by atoms with van der Waals surface area (Å²) < 4.78 is 5.11. The Bertz CT molecular complexity index is 555. The lowest BCUT2D eigenvalue weighted by atomic mass is 10.1. The Balaban J connectivity index is 0.00000180. The van der Waals surface area contributed by atoms with Crippen molar-refractivity contribution in [3.63, 3.8) is 0 Å². The van der Waals surface area contributed by atoms with E-state index in [2.05, 4.69) is 4.98 Å². The summed E-state index contributed by atoms with van der Waals surface area (Å²) in [5.41, 5.74) is 1.32. The van der Waals surface area contributed by atoms with Crippen LogP contribution in [0, 0.1) is 0 Å². The van der Waals surface area contributed by atoms with Gasteiger partial charge in [0.05, 0.1) is 12.1 Å². The Morgan fingerprint density at radius 2 is 2.11 bits per heavy atom. The zero-order chi connectivity index (χ0) is 13.0. The van der Waals surface area contributed by atoms with Crippen LogP contribution in [0.2, 0.25) is 5.02 Å². The van der Waals surface area contributed by atoms with E-state index in [0.717, 1.165) is 5.56 Å². The summed E-state index contributed by atoms with van der Waals surface area (Å²) in [5, 5.41) is 0.534. The molecule has 1 aromatic carbocycles. The molecule has 3 nitrogen and oxygen atoms in total. The number of carbonyl (C=O) groups excluding carboxylic acids is 1. The maximum Gasteiger partial charge on any atom is 0.185 e. The number of aromatic nitrogens is 1. The highest BCUT2D eigenvalue weighted by Crippen LogP contribution is 2.25. The van der Waals surface area contributed by atoms with Gasteiger partial charge in [0.25, 0.3) is 0 Å². The van der Waals surface area contributed by atoms with Gasteiger partial charge >= 0.3 is 0 Å². The summed E-state index contributed by atoms with van der Waals surface area (Å²) >= 11 is 5.93. The highest BCUT2D eigenvalue weighted by Gasteiger charge is 2.09. The van der Waals surface area contributed by atoms with Gasteiger partial charge in [0.15, 0.2) is 5.78 Å². The molecule has 2 aromatic rings. The molecule has 100 valence electrons. The van der Waals surface area contributed by atoms with Gasteiger partial charge in [-0.3, -0.25) is 9.78 Å². The van der Waals surface area contributed by atoms with Crippen molar-refractivity contribution in [1.82, 2.24) is 4.98 Å². The molecule has 0 saturated carbocycles. The van der Waals surface area contributed by atoms with Crippen LogP contribution in [0.4, 0.5) is 0 Å². The molecule has 0 saturated heterocycles. The Morgan fingerprint density at radius 1 is 1.32 bits per heavy atom. The number of rotatable bonds is 4. The molecule has 0 aliphatic heterocycles. The predicted molar refractivity (Wildman–Crippen MR) is 77.0 cm³/mol. The van der Waals surface area contributed by atoms with Gasteiger partial charge in [-0.15, -0.1) is 0 Å².